The highest BCUT2D eigenvalue weighted by Crippen LogP contribution is 2.32. The van der Waals surface area contributed by atoms with Crippen molar-refractivity contribution < 1.29 is 4.79 Å². The summed E-state index contributed by atoms with van der Waals surface area (Å²) in [6.07, 6.45) is 2.45. The van der Waals surface area contributed by atoms with E-state index in [-0.39, 0.29) is 11.8 Å². The molecule has 1 saturated heterocycles. The predicted octanol–water partition coefficient (Wildman–Crippen LogP) is 5.07. The summed E-state index contributed by atoms with van der Waals surface area (Å²) in [4.78, 5) is 19.8. The zero-order valence-electron chi connectivity index (χ0n) is 16.5. The highest BCUT2D eigenvalue weighted by Gasteiger charge is 2.19. The number of thiazole rings is 1. The molecule has 1 N–H and O–H groups in total. The molecule has 2 aromatic carbocycles. The first-order chi connectivity index (χ1) is 13.6. The monoisotopic (exact) mass is 393 g/mol. The van der Waals surface area contributed by atoms with Crippen LogP contribution in [0.15, 0.2) is 48.5 Å². The maximum absolute atomic E-state index is 12.6. The van der Waals surface area contributed by atoms with Crippen LogP contribution in [0.5, 0.6) is 0 Å². The van der Waals surface area contributed by atoms with Gasteiger partial charge in [0.15, 0.2) is 5.13 Å². The number of nitrogens with zero attached hydrogens (tertiary/aromatic N) is 2. The molecule has 4 nitrogen and oxygen atoms in total. The van der Waals surface area contributed by atoms with Gasteiger partial charge in [-0.3, -0.25) is 4.79 Å². The Morgan fingerprint density at radius 3 is 2.71 bits per heavy atom. The third kappa shape index (κ3) is 4.20. The molecule has 4 rings (SSSR count). The van der Waals surface area contributed by atoms with Gasteiger partial charge >= 0.3 is 0 Å². The minimum atomic E-state index is -0.0218. The zero-order chi connectivity index (χ0) is 19.5. The van der Waals surface area contributed by atoms with Crippen molar-refractivity contribution in [3.63, 3.8) is 0 Å². The molecule has 0 aliphatic carbocycles. The number of carbonyl (C=O) groups excluding carboxylic acids is 1. The summed E-state index contributed by atoms with van der Waals surface area (Å²) in [5.41, 5.74) is 2.92. The van der Waals surface area contributed by atoms with E-state index in [1.54, 1.807) is 11.3 Å². The third-order valence-corrected chi connectivity index (χ3v) is 6.71. The van der Waals surface area contributed by atoms with Crippen LogP contribution in [0.4, 0.5) is 5.13 Å². The first-order valence-corrected chi connectivity index (χ1v) is 10.9. The van der Waals surface area contributed by atoms with Gasteiger partial charge in [-0.05, 0) is 48.4 Å². The minimum Gasteiger partial charge on any atom is -0.351 e. The highest BCUT2D eigenvalue weighted by molar-refractivity contribution is 7.22. The first-order valence-electron chi connectivity index (χ1n) is 10.1. The van der Waals surface area contributed by atoms with E-state index in [1.807, 2.05) is 36.4 Å². The molecule has 28 heavy (non-hydrogen) atoms. The summed E-state index contributed by atoms with van der Waals surface area (Å²) in [7, 11) is 0. The summed E-state index contributed by atoms with van der Waals surface area (Å²) >= 11 is 1.69. The van der Waals surface area contributed by atoms with Crippen molar-refractivity contribution in [3.8, 4) is 0 Å². The number of carbonyl (C=O) groups is 1. The number of anilines is 1. The number of amides is 1. The Balaban J connectivity index is 1.43. The fraction of sp³-hybridized carbons (Fsp3) is 0.391. The highest BCUT2D eigenvalue weighted by atomic mass is 32.1. The number of hydrogen-bond donors (Lipinski definition) is 1. The van der Waals surface area contributed by atoms with Crippen LogP contribution in [-0.4, -0.2) is 30.5 Å². The molecule has 5 heteroatoms. The lowest BCUT2D eigenvalue weighted by molar-refractivity contribution is 0.0952. The summed E-state index contributed by atoms with van der Waals surface area (Å²) in [5, 5.41) is 4.15. The van der Waals surface area contributed by atoms with Gasteiger partial charge in [-0.1, -0.05) is 55.5 Å². The lowest BCUT2D eigenvalue weighted by atomic mass is 10.00. The summed E-state index contributed by atoms with van der Waals surface area (Å²) in [6, 6.07) is 16.1. The van der Waals surface area contributed by atoms with E-state index in [9.17, 15) is 4.79 Å². The van der Waals surface area contributed by atoms with Crippen molar-refractivity contribution in [2.45, 2.75) is 32.6 Å². The van der Waals surface area contributed by atoms with E-state index in [4.69, 9.17) is 4.98 Å². The van der Waals surface area contributed by atoms with Gasteiger partial charge in [0.2, 0.25) is 0 Å². The summed E-state index contributed by atoms with van der Waals surface area (Å²) < 4.78 is 1.08. The molecular formula is C23H27N3OS. The molecule has 2 heterocycles. The van der Waals surface area contributed by atoms with Gasteiger partial charge in [-0.15, -0.1) is 0 Å². The Hall–Kier alpha value is -2.40. The van der Waals surface area contributed by atoms with Crippen LogP contribution >= 0.6 is 11.3 Å². The maximum Gasteiger partial charge on any atom is 0.251 e. The van der Waals surface area contributed by atoms with Gasteiger partial charge in [0, 0.05) is 25.2 Å². The van der Waals surface area contributed by atoms with Crippen LogP contribution in [0.1, 0.15) is 48.5 Å². The van der Waals surface area contributed by atoms with Crippen molar-refractivity contribution in [1.29, 1.82) is 0 Å². The second-order valence-corrected chi connectivity index (χ2v) is 8.88. The molecule has 1 atom stereocenters. The fourth-order valence-corrected chi connectivity index (χ4v) is 4.69. The number of nitrogens with one attached hydrogen (secondary N) is 1. The normalized spacial score (nSPS) is 16.3. The smallest absolute Gasteiger partial charge is 0.251 e. The first kappa shape index (κ1) is 18.9. The zero-order valence-corrected chi connectivity index (χ0v) is 17.3. The van der Waals surface area contributed by atoms with Crippen molar-refractivity contribution in [2.75, 3.05) is 24.5 Å². The molecule has 0 saturated carbocycles. The van der Waals surface area contributed by atoms with E-state index in [0.717, 1.165) is 34.4 Å². The molecule has 3 aromatic rings. The van der Waals surface area contributed by atoms with Gasteiger partial charge < -0.3 is 10.2 Å². The Labute approximate surface area is 170 Å². The molecule has 0 spiro atoms. The largest absolute Gasteiger partial charge is 0.351 e. The topological polar surface area (TPSA) is 45.2 Å². The second-order valence-electron chi connectivity index (χ2n) is 7.87. The van der Waals surface area contributed by atoms with Crippen LogP contribution in [0.2, 0.25) is 0 Å². The molecular weight excluding hydrogens is 366 g/mol. The number of piperidine rings is 1. The Kier molecular flexibility index (Phi) is 5.62. The minimum absolute atomic E-state index is 0.0218. The SMILES string of the molecule is CC1CCN(c2nc3ccc(C(=O)NC[C@@H](C)c4ccccc4)cc3s2)CC1. The van der Waals surface area contributed by atoms with E-state index in [0.29, 0.717) is 12.1 Å². The summed E-state index contributed by atoms with van der Waals surface area (Å²) in [6.45, 7) is 7.23. The lowest BCUT2D eigenvalue weighted by Gasteiger charge is -2.29. The summed E-state index contributed by atoms with van der Waals surface area (Å²) in [5.74, 6) is 1.07. The molecule has 0 radical (unpaired) electrons. The molecule has 0 bridgehead atoms. The third-order valence-electron chi connectivity index (χ3n) is 5.63. The average molecular weight is 394 g/mol. The number of fused-ring (bicyclic) bond motifs is 1. The van der Waals surface area contributed by atoms with E-state index in [2.05, 4.69) is 36.2 Å². The Morgan fingerprint density at radius 1 is 1.21 bits per heavy atom. The predicted molar refractivity (Wildman–Crippen MR) is 117 cm³/mol. The van der Waals surface area contributed by atoms with Crippen molar-refractivity contribution in [1.82, 2.24) is 10.3 Å². The number of hydrogen-bond acceptors (Lipinski definition) is 4. The van der Waals surface area contributed by atoms with Gasteiger partial charge in [0.25, 0.3) is 5.91 Å². The molecule has 1 aliphatic heterocycles. The fourth-order valence-electron chi connectivity index (χ4n) is 3.64. The molecule has 146 valence electrons. The van der Waals surface area contributed by atoms with Crippen LogP contribution in [-0.2, 0) is 0 Å². The Morgan fingerprint density at radius 2 is 1.96 bits per heavy atom. The van der Waals surface area contributed by atoms with Crippen LogP contribution in [0.25, 0.3) is 10.2 Å². The standard InChI is InChI=1S/C23H27N3OS/c1-16-10-12-26(13-11-16)23-25-20-9-8-19(14-21(20)28-23)22(27)24-15-17(2)18-6-4-3-5-7-18/h3-9,14,16-17H,10-13,15H2,1-2H3,(H,24,27)/t17-/m1/s1. The van der Waals surface area contributed by atoms with Crippen molar-refractivity contribution >= 4 is 32.6 Å². The molecule has 1 amide bonds. The van der Waals surface area contributed by atoms with E-state index < -0.39 is 0 Å². The quantitative estimate of drug-likeness (QED) is 0.658. The molecule has 1 aromatic heterocycles. The molecule has 1 aliphatic rings. The average Bonchev–Trinajstić information content (AvgIpc) is 3.16. The van der Waals surface area contributed by atoms with E-state index in [1.165, 1.54) is 18.4 Å². The van der Waals surface area contributed by atoms with Gasteiger partial charge in [-0.25, -0.2) is 4.98 Å². The number of aromatic nitrogens is 1. The van der Waals surface area contributed by atoms with Crippen LogP contribution in [0.3, 0.4) is 0 Å². The lowest BCUT2D eigenvalue weighted by Crippen LogP contribution is -2.32. The van der Waals surface area contributed by atoms with Crippen molar-refractivity contribution in [2.24, 2.45) is 5.92 Å². The molecule has 1 fully saturated rings. The Bertz CT molecular complexity index is 945. The number of benzene rings is 2. The van der Waals surface area contributed by atoms with Crippen LogP contribution < -0.4 is 10.2 Å². The van der Waals surface area contributed by atoms with Crippen molar-refractivity contribution in [3.05, 3.63) is 59.7 Å². The second kappa shape index (κ2) is 8.31. The van der Waals surface area contributed by atoms with Gasteiger partial charge in [-0.2, -0.15) is 0 Å². The maximum atomic E-state index is 12.6. The van der Waals surface area contributed by atoms with Crippen LogP contribution in [0, 0.1) is 5.92 Å². The van der Waals surface area contributed by atoms with Gasteiger partial charge in [0.05, 0.1) is 10.2 Å². The molecule has 0 unspecified atom stereocenters. The van der Waals surface area contributed by atoms with Gasteiger partial charge in [0.1, 0.15) is 0 Å². The number of rotatable bonds is 5. The van der Waals surface area contributed by atoms with E-state index >= 15 is 0 Å².